The van der Waals surface area contributed by atoms with E-state index < -0.39 is 0 Å². The maximum absolute atomic E-state index is 8.59. The zero-order valence-electron chi connectivity index (χ0n) is 6.65. The zero-order valence-corrected chi connectivity index (χ0v) is 6.65. The molecule has 0 heterocycles. The summed E-state index contributed by atoms with van der Waals surface area (Å²) in [4.78, 5) is 0. The number of nitriles is 1. The number of hydrogen-bond acceptors (Lipinski definition) is 2. The summed E-state index contributed by atoms with van der Waals surface area (Å²) < 4.78 is 0. The summed E-state index contributed by atoms with van der Waals surface area (Å²) in [7, 11) is 1.75. The molecule has 0 saturated carbocycles. The molecule has 0 aliphatic heterocycles. The molecule has 0 saturated heterocycles. The van der Waals surface area contributed by atoms with Crippen LogP contribution in [0.1, 0.15) is 13.8 Å². The lowest BCUT2D eigenvalue weighted by molar-refractivity contribution is 1.01. The van der Waals surface area contributed by atoms with Crippen LogP contribution in [0.15, 0.2) is 23.4 Å². The van der Waals surface area contributed by atoms with Crippen LogP contribution in [0.25, 0.3) is 0 Å². The monoisotopic (exact) mass is 136 g/mol. The third-order valence-electron chi connectivity index (χ3n) is 1.22. The van der Waals surface area contributed by atoms with Crippen molar-refractivity contribution in [2.75, 3.05) is 7.05 Å². The van der Waals surface area contributed by atoms with E-state index in [0.29, 0.717) is 11.3 Å². The van der Waals surface area contributed by atoms with Crippen LogP contribution >= 0.6 is 0 Å². The zero-order chi connectivity index (χ0) is 8.15. The molecule has 0 bridgehead atoms. The number of likely N-dealkylation sites (N-methyl/N-ethyl adjacent to an activating group) is 1. The van der Waals surface area contributed by atoms with Crippen molar-refractivity contribution in [2.24, 2.45) is 0 Å². The SMILES string of the molecule is C=C(NC)C(C#N)=C(C)C. The second-order valence-corrected chi connectivity index (χ2v) is 2.22. The predicted molar refractivity (Wildman–Crippen MR) is 42.2 cm³/mol. The molecular weight excluding hydrogens is 124 g/mol. The fourth-order valence-electron chi connectivity index (χ4n) is 0.606. The number of allylic oxidation sites excluding steroid dienone is 2. The van der Waals surface area contributed by atoms with Gasteiger partial charge in [-0.2, -0.15) is 5.26 Å². The molecule has 0 aliphatic rings. The summed E-state index contributed by atoms with van der Waals surface area (Å²) in [6.45, 7) is 7.45. The quantitative estimate of drug-likeness (QED) is 0.462. The summed E-state index contributed by atoms with van der Waals surface area (Å²) in [6, 6.07) is 2.07. The summed E-state index contributed by atoms with van der Waals surface area (Å²) >= 11 is 0. The van der Waals surface area contributed by atoms with E-state index in [1.165, 1.54) is 0 Å². The molecule has 0 rings (SSSR count). The van der Waals surface area contributed by atoms with E-state index in [1.54, 1.807) is 7.05 Å². The highest BCUT2D eigenvalue weighted by Gasteiger charge is 1.99. The molecule has 10 heavy (non-hydrogen) atoms. The third-order valence-corrected chi connectivity index (χ3v) is 1.22. The Kier molecular flexibility index (Phi) is 3.27. The fraction of sp³-hybridized carbons (Fsp3) is 0.375. The standard InChI is InChI=1S/C8H12N2/c1-6(2)8(5-9)7(3)10-4/h10H,3H2,1-2,4H3. The minimum atomic E-state index is 0.641. The van der Waals surface area contributed by atoms with E-state index in [2.05, 4.69) is 18.0 Å². The van der Waals surface area contributed by atoms with E-state index >= 15 is 0 Å². The highest BCUT2D eigenvalue weighted by Crippen LogP contribution is 2.07. The van der Waals surface area contributed by atoms with Gasteiger partial charge in [0.1, 0.15) is 6.07 Å². The van der Waals surface area contributed by atoms with Crippen LogP contribution in [0, 0.1) is 11.3 Å². The lowest BCUT2D eigenvalue weighted by Gasteiger charge is -2.02. The normalized spacial score (nSPS) is 7.80. The Hall–Kier alpha value is -1.23. The molecule has 54 valence electrons. The molecular formula is C8H12N2. The van der Waals surface area contributed by atoms with Gasteiger partial charge < -0.3 is 5.32 Å². The second-order valence-electron chi connectivity index (χ2n) is 2.22. The van der Waals surface area contributed by atoms with Gasteiger partial charge >= 0.3 is 0 Å². The van der Waals surface area contributed by atoms with Gasteiger partial charge in [0.25, 0.3) is 0 Å². The molecule has 2 nitrogen and oxygen atoms in total. The summed E-state index contributed by atoms with van der Waals surface area (Å²) in [5, 5.41) is 11.4. The molecule has 0 atom stereocenters. The van der Waals surface area contributed by atoms with Gasteiger partial charge in [-0.05, 0) is 13.8 Å². The van der Waals surface area contributed by atoms with E-state index in [4.69, 9.17) is 5.26 Å². The topological polar surface area (TPSA) is 35.8 Å². The largest absolute Gasteiger partial charge is 0.388 e. The molecule has 0 aliphatic carbocycles. The lowest BCUT2D eigenvalue weighted by Crippen LogP contribution is -2.06. The Labute approximate surface area is 61.9 Å². The Morgan fingerprint density at radius 1 is 1.50 bits per heavy atom. The molecule has 0 fully saturated rings. The van der Waals surface area contributed by atoms with Gasteiger partial charge in [0, 0.05) is 12.7 Å². The van der Waals surface area contributed by atoms with Gasteiger partial charge in [-0.15, -0.1) is 0 Å². The van der Waals surface area contributed by atoms with Crippen LogP contribution < -0.4 is 5.32 Å². The first-order valence-electron chi connectivity index (χ1n) is 3.08. The minimum Gasteiger partial charge on any atom is -0.388 e. The van der Waals surface area contributed by atoms with Gasteiger partial charge in [0.15, 0.2) is 0 Å². The average molecular weight is 136 g/mol. The molecule has 0 spiro atoms. The van der Waals surface area contributed by atoms with Gasteiger partial charge in [-0.1, -0.05) is 12.2 Å². The van der Waals surface area contributed by atoms with Gasteiger partial charge in [-0.25, -0.2) is 0 Å². The summed E-state index contributed by atoms with van der Waals surface area (Å²) in [5.74, 6) is 0. The van der Waals surface area contributed by atoms with Crippen LogP contribution in [-0.4, -0.2) is 7.05 Å². The van der Waals surface area contributed by atoms with E-state index in [1.807, 2.05) is 13.8 Å². The molecule has 2 heteroatoms. The highest BCUT2D eigenvalue weighted by atomic mass is 14.8. The highest BCUT2D eigenvalue weighted by molar-refractivity contribution is 5.41. The van der Waals surface area contributed by atoms with Crippen molar-refractivity contribution in [1.82, 2.24) is 5.32 Å². The molecule has 0 radical (unpaired) electrons. The van der Waals surface area contributed by atoms with Gasteiger partial charge in [0.2, 0.25) is 0 Å². The first-order chi connectivity index (χ1) is 4.63. The molecule has 0 unspecified atom stereocenters. The van der Waals surface area contributed by atoms with Crippen molar-refractivity contribution in [3.8, 4) is 6.07 Å². The van der Waals surface area contributed by atoms with Crippen LogP contribution in [0.3, 0.4) is 0 Å². The first kappa shape index (κ1) is 8.77. The molecule has 0 aromatic heterocycles. The molecule has 0 aromatic carbocycles. The number of nitrogens with zero attached hydrogens (tertiary/aromatic N) is 1. The van der Waals surface area contributed by atoms with E-state index in [9.17, 15) is 0 Å². The maximum atomic E-state index is 8.59. The molecule has 1 N–H and O–H groups in total. The molecule has 0 aromatic rings. The summed E-state index contributed by atoms with van der Waals surface area (Å²) in [5.41, 5.74) is 2.31. The van der Waals surface area contributed by atoms with E-state index in [-0.39, 0.29) is 0 Å². The van der Waals surface area contributed by atoms with Crippen molar-refractivity contribution in [1.29, 1.82) is 5.26 Å². The van der Waals surface area contributed by atoms with Crippen molar-refractivity contribution < 1.29 is 0 Å². The predicted octanol–water partition coefficient (Wildman–Crippen LogP) is 1.58. The third kappa shape index (κ3) is 1.94. The number of hydrogen-bond donors (Lipinski definition) is 1. The van der Waals surface area contributed by atoms with Crippen molar-refractivity contribution >= 4 is 0 Å². The van der Waals surface area contributed by atoms with Gasteiger partial charge in [0.05, 0.1) is 5.57 Å². The Morgan fingerprint density at radius 3 is 2.10 bits per heavy atom. The van der Waals surface area contributed by atoms with E-state index in [0.717, 1.165) is 5.57 Å². The van der Waals surface area contributed by atoms with Crippen molar-refractivity contribution in [2.45, 2.75) is 13.8 Å². The van der Waals surface area contributed by atoms with Gasteiger partial charge in [-0.3, -0.25) is 0 Å². The average Bonchev–Trinajstić information content (AvgIpc) is 1.88. The lowest BCUT2D eigenvalue weighted by atomic mass is 10.1. The fourth-order valence-corrected chi connectivity index (χ4v) is 0.606. The Bertz CT molecular complexity index is 202. The first-order valence-corrected chi connectivity index (χ1v) is 3.08. The van der Waals surface area contributed by atoms with Crippen molar-refractivity contribution in [3.05, 3.63) is 23.4 Å². The second kappa shape index (κ2) is 3.73. The minimum absolute atomic E-state index is 0.641. The Balaban J connectivity index is 4.59. The van der Waals surface area contributed by atoms with Crippen LogP contribution in [0.2, 0.25) is 0 Å². The molecule has 0 amide bonds. The smallest absolute Gasteiger partial charge is 0.101 e. The summed E-state index contributed by atoms with van der Waals surface area (Å²) in [6.07, 6.45) is 0. The number of rotatable bonds is 2. The maximum Gasteiger partial charge on any atom is 0.101 e. The van der Waals surface area contributed by atoms with Crippen LogP contribution in [0.5, 0.6) is 0 Å². The Morgan fingerprint density at radius 2 is 2.00 bits per heavy atom. The number of nitrogens with one attached hydrogen (secondary N) is 1. The van der Waals surface area contributed by atoms with Crippen molar-refractivity contribution in [3.63, 3.8) is 0 Å². The van der Waals surface area contributed by atoms with Crippen LogP contribution in [0.4, 0.5) is 0 Å². The van der Waals surface area contributed by atoms with Crippen LogP contribution in [-0.2, 0) is 0 Å².